The molecular weight excluding hydrogens is 242 g/mol. The first kappa shape index (κ1) is 14.0. The topological polar surface area (TPSA) is 106 Å². The lowest BCUT2D eigenvalue weighted by atomic mass is 10.3. The van der Waals surface area contributed by atoms with E-state index in [0.29, 0.717) is 0 Å². The second kappa shape index (κ2) is 5.50. The van der Waals surface area contributed by atoms with Crippen LogP contribution in [-0.4, -0.2) is 34.9 Å². The van der Waals surface area contributed by atoms with Crippen LogP contribution in [0.5, 0.6) is 5.88 Å². The molecule has 0 saturated heterocycles. The third-order valence-corrected chi connectivity index (χ3v) is 2.40. The highest BCUT2D eigenvalue weighted by molar-refractivity contribution is 5.75. The molecule has 1 heterocycles. The van der Waals surface area contributed by atoms with Crippen LogP contribution in [0.3, 0.4) is 0 Å². The number of hydrogen-bond donors (Lipinski definition) is 1. The zero-order valence-electron chi connectivity index (χ0n) is 10.4. The van der Waals surface area contributed by atoms with Crippen molar-refractivity contribution in [2.45, 2.75) is 6.04 Å². The zero-order chi connectivity index (χ0) is 13.9. The predicted molar refractivity (Wildman–Crippen MR) is 62.4 cm³/mol. The van der Waals surface area contributed by atoms with Crippen LogP contribution in [-0.2, 0) is 23.6 Å². The van der Waals surface area contributed by atoms with Gasteiger partial charge in [0.15, 0.2) is 0 Å². The van der Waals surface area contributed by atoms with E-state index in [4.69, 9.17) is 10.5 Å². The van der Waals surface area contributed by atoms with Crippen molar-refractivity contribution in [2.24, 2.45) is 19.8 Å². The largest absolute Gasteiger partial charge is 0.476 e. The first-order chi connectivity index (χ1) is 8.38. The molecule has 0 aromatic carbocycles. The van der Waals surface area contributed by atoms with Gasteiger partial charge in [-0.25, -0.2) is 4.79 Å². The summed E-state index contributed by atoms with van der Waals surface area (Å²) < 4.78 is 11.7. The fourth-order valence-corrected chi connectivity index (χ4v) is 1.25. The maximum atomic E-state index is 11.6. The maximum absolute atomic E-state index is 11.6. The Labute approximate surface area is 103 Å². The summed E-state index contributed by atoms with van der Waals surface area (Å²) >= 11 is 0. The second-order valence-corrected chi connectivity index (χ2v) is 3.66. The van der Waals surface area contributed by atoms with Gasteiger partial charge in [0.2, 0.25) is 5.88 Å². The number of methoxy groups -OCH3 is 1. The van der Waals surface area contributed by atoms with Crippen molar-refractivity contribution >= 4 is 5.97 Å². The minimum atomic E-state index is -0.978. The van der Waals surface area contributed by atoms with Crippen LogP contribution >= 0.6 is 0 Å². The fourth-order valence-electron chi connectivity index (χ4n) is 1.25. The highest BCUT2D eigenvalue weighted by Gasteiger charge is 2.15. The van der Waals surface area contributed by atoms with E-state index in [0.717, 1.165) is 15.2 Å². The van der Waals surface area contributed by atoms with Gasteiger partial charge >= 0.3 is 11.7 Å². The molecule has 1 atom stereocenters. The molecule has 0 fully saturated rings. The molecule has 0 spiro atoms. The summed E-state index contributed by atoms with van der Waals surface area (Å²) in [5.74, 6) is -0.591. The molecule has 18 heavy (non-hydrogen) atoms. The summed E-state index contributed by atoms with van der Waals surface area (Å²) in [5.41, 5.74) is 4.44. The van der Waals surface area contributed by atoms with Gasteiger partial charge in [-0.3, -0.25) is 18.7 Å². The molecular formula is C10H15N3O5. The summed E-state index contributed by atoms with van der Waals surface area (Å²) in [4.78, 5) is 34.0. The second-order valence-electron chi connectivity index (χ2n) is 3.66. The lowest BCUT2D eigenvalue weighted by Gasteiger charge is -2.13. The van der Waals surface area contributed by atoms with E-state index in [1.165, 1.54) is 21.2 Å². The highest BCUT2D eigenvalue weighted by atomic mass is 16.5. The molecule has 0 saturated carbocycles. The number of carbonyl (C=O) groups is 1. The Hall–Kier alpha value is -2.09. The number of esters is 1. The molecule has 0 bridgehead atoms. The number of aromatic nitrogens is 2. The van der Waals surface area contributed by atoms with E-state index in [2.05, 4.69) is 4.74 Å². The van der Waals surface area contributed by atoms with Crippen molar-refractivity contribution in [1.82, 2.24) is 9.13 Å². The minimum Gasteiger partial charge on any atom is -0.476 e. The molecule has 8 heteroatoms. The number of nitrogens with two attached hydrogens (primary N) is 1. The SMILES string of the molecule is COC(=O)C(N)COc1cc(=O)n(C)c(=O)n1C. The smallest absolute Gasteiger partial charge is 0.333 e. The molecule has 0 aliphatic heterocycles. The Morgan fingerprint density at radius 3 is 2.56 bits per heavy atom. The first-order valence-corrected chi connectivity index (χ1v) is 5.11. The van der Waals surface area contributed by atoms with Crippen molar-refractivity contribution in [3.63, 3.8) is 0 Å². The van der Waals surface area contributed by atoms with Crippen LogP contribution in [0.2, 0.25) is 0 Å². The molecule has 1 unspecified atom stereocenters. The number of nitrogens with zero attached hydrogens (tertiary/aromatic N) is 2. The monoisotopic (exact) mass is 257 g/mol. The van der Waals surface area contributed by atoms with Crippen molar-refractivity contribution in [3.05, 3.63) is 26.9 Å². The van der Waals surface area contributed by atoms with E-state index >= 15 is 0 Å². The van der Waals surface area contributed by atoms with E-state index in [-0.39, 0.29) is 12.5 Å². The third kappa shape index (κ3) is 2.77. The molecule has 1 rings (SSSR count). The van der Waals surface area contributed by atoms with Gasteiger partial charge in [-0.05, 0) is 0 Å². The van der Waals surface area contributed by atoms with Crippen LogP contribution in [0.15, 0.2) is 15.7 Å². The van der Waals surface area contributed by atoms with Crippen molar-refractivity contribution in [1.29, 1.82) is 0 Å². The van der Waals surface area contributed by atoms with Crippen LogP contribution in [0.4, 0.5) is 0 Å². The summed E-state index contributed by atoms with van der Waals surface area (Å²) in [5, 5.41) is 0. The molecule has 0 aliphatic carbocycles. The van der Waals surface area contributed by atoms with Gasteiger partial charge in [0.25, 0.3) is 5.56 Å². The number of ether oxygens (including phenoxy) is 2. The van der Waals surface area contributed by atoms with Gasteiger partial charge in [-0.2, -0.15) is 0 Å². The average molecular weight is 257 g/mol. The van der Waals surface area contributed by atoms with Crippen LogP contribution < -0.4 is 21.7 Å². The Kier molecular flexibility index (Phi) is 4.27. The van der Waals surface area contributed by atoms with Gasteiger partial charge in [0, 0.05) is 14.1 Å². The quantitative estimate of drug-likeness (QED) is 0.623. The molecule has 0 aliphatic rings. The molecule has 2 N–H and O–H groups in total. The third-order valence-electron chi connectivity index (χ3n) is 2.40. The van der Waals surface area contributed by atoms with Gasteiger partial charge in [-0.1, -0.05) is 0 Å². The lowest BCUT2D eigenvalue weighted by Crippen LogP contribution is -2.40. The van der Waals surface area contributed by atoms with Crippen molar-refractivity contribution in [3.8, 4) is 5.88 Å². The molecule has 1 aromatic heterocycles. The van der Waals surface area contributed by atoms with Crippen LogP contribution in [0.1, 0.15) is 0 Å². The van der Waals surface area contributed by atoms with Gasteiger partial charge < -0.3 is 15.2 Å². The summed E-state index contributed by atoms with van der Waals surface area (Å²) in [6.45, 7) is -0.187. The van der Waals surface area contributed by atoms with Crippen LogP contribution in [0, 0.1) is 0 Å². The Morgan fingerprint density at radius 2 is 2.00 bits per heavy atom. The maximum Gasteiger partial charge on any atom is 0.333 e. The van der Waals surface area contributed by atoms with E-state index in [9.17, 15) is 14.4 Å². The standard InChI is InChI=1S/C10H15N3O5/c1-12-7(14)4-8(13(2)10(12)16)18-5-6(11)9(15)17-3/h4,6H,5,11H2,1-3H3. The van der Waals surface area contributed by atoms with Gasteiger partial charge in [0.05, 0.1) is 13.2 Å². The molecule has 0 amide bonds. The van der Waals surface area contributed by atoms with Gasteiger partial charge in [0.1, 0.15) is 12.6 Å². The number of carbonyl (C=O) groups excluding carboxylic acids is 1. The van der Waals surface area contributed by atoms with E-state index in [1.807, 2.05) is 0 Å². The fraction of sp³-hybridized carbons (Fsp3) is 0.500. The van der Waals surface area contributed by atoms with Crippen LogP contribution in [0.25, 0.3) is 0 Å². The Morgan fingerprint density at radius 1 is 1.39 bits per heavy atom. The summed E-state index contributed by atoms with van der Waals surface area (Å²) in [7, 11) is 4.01. The lowest BCUT2D eigenvalue weighted by molar-refractivity contribution is -0.142. The van der Waals surface area contributed by atoms with Crippen molar-refractivity contribution < 1.29 is 14.3 Å². The highest BCUT2D eigenvalue weighted by Crippen LogP contribution is 2.02. The predicted octanol–water partition coefficient (Wildman–Crippen LogP) is -2.04. The first-order valence-electron chi connectivity index (χ1n) is 5.11. The van der Waals surface area contributed by atoms with E-state index < -0.39 is 23.3 Å². The number of rotatable bonds is 4. The molecule has 8 nitrogen and oxygen atoms in total. The van der Waals surface area contributed by atoms with E-state index in [1.54, 1.807) is 0 Å². The summed E-state index contributed by atoms with van der Waals surface area (Å²) in [6, 6.07) is 0.167. The molecule has 1 aromatic rings. The molecule has 100 valence electrons. The number of hydrogen-bond acceptors (Lipinski definition) is 6. The Bertz CT molecular complexity index is 560. The normalized spacial score (nSPS) is 12.0. The average Bonchev–Trinajstić information content (AvgIpc) is 2.37. The summed E-state index contributed by atoms with van der Waals surface area (Å²) in [6.07, 6.45) is 0. The Balaban J connectivity index is 2.90. The molecule has 0 radical (unpaired) electrons. The zero-order valence-corrected chi connectivity index (χ0v) is 10.4. The van der Waals surface area contributed by atoms with Crippen molar-refractivity contribution in [2.75, 3.05) is 13.7 Å². The van der Waals surface area contributed by atoms with Gasteiger partial charge in [-0.15, -0.1) is 0 Å². The minimum absolute atomic E-state index is 0.0439.